The number of aromatic nitrogens is 1. The van der Waals surface area contributed by atoms with Crippen molar-refractivity contribution in [3.63, 3.8) is 0 Å². The second-order valence-corrected chi connectivity index (χ2v) is 16.4. The third kappa shape index (κ3) is 4.90. The normalized spacial score (nSPS) is 14.6. The van der Waals surface area contributed by atoms with Gasteiger partial charge in [-0.05, 0) is 70.1 Å². The second kappa shape index (κ2) is 12.5. The number of rotatable bonds is 4. The van der Waals surface area contributed by atoms with E-state index in [2.05, 4.69) is 186 Å². The van der Waals surface area contributed by atoms with Gasteiger partial charge < -0.3 is 14.3 Å². The van der Waals surface area contributed by atoms with Crippen LogP contribution >= 0.6 is 11.3 Å². The fourth-order valence-corrected chi connectivity index (χ4v) is 10.5. The Morgan fingerprint density at radius 3 is 2.10 bits per heavy atom. The minimum absolute atomic E-state index is 0.425. The molecule has 0 spiro atoms. The molecule has 1 aliphatic heterocycles. The highest BCUT2D eigenvalue weighted by atomic mass is 32.1. The van der Waals surface area contributed by atoms with Crippen LogP contribution in [0.1, 0.15) is 22.9 Å². The lowest BCUT2D eigenvalue weighted by Crippen LogP contribution is -2.34. The molecule has 1 aliphatic rings. The summed E-state index contributed by atoms with van der Waals surface area (Å²) in [6, 6.07) is 65.0. The van der Waals surface area contributed by atoms with Crippen molar-refractivity contribution in [3.05, 3.63) is 199 Å². The average molecular weight is 773 g/mol. The molecule has 0 radical (unpaired) electrons. The van der Waals surface area contributed by atoms with Crippen molar-refractivity contribution in [2.75, 3.05) is 0 Å². The zero-order chi connectivity index (χ0) is 38.6. The molecule has 0 fully saturated rings. The highest BCUT2D eigenvalue weighted by molar-refractivity contribution is 7.25. The first-order chi connectivity index (χ1) is 29.2. The Kier molecular flexibility index (Phi) is 6.88. The van der Waals surface area contributed by atoms with Gasteiger partial charge in [-0.2, -0.15) is 0 Å². The number of amidine groups is 2. The maximum atomic E-state index is 6.84. The van der Waals surface area contributed by atoms with Crippen molar-refractivity contribution < 1.29 is 4.42 Å². The van der Waals surface area contributed by atoms with Gasteiger partial charge in [-0.15, -0.1) is 11.3 Å². The number of hydrogen-bond acceptors (Lipinski definition) is 5. The van der Waals surface area contributed by atoms with Gasteiger partial charge in [0.15, 0.2) is 5.84 Å². The Morgan fingerprint density at radius 2 is 1.20 bits per heavy atom. The van der Waals surface area contributed by atoms with Gasteiger partial charge in [-0.25, -0.2) is 9.98 Å². The van der Waals surface area contributed by atoms with Crippen LogP contribution in [0.25, 0.3) is 91.1 Å². The van der Waals surface area contributed by atoms with Gasteiger partial charge in [0.25, 0.3) is 0 Å². The van der Waals surface area contributed by atoms with E-state index in [0.717, 1.165) is 60.7 Å². The zero-order valence-electron chi connectivity index (χ0n) is 31.6. The van der Waals surface area contributed by atoms with Gasteiger partial charge in [-0.1, -0.05) is 133 Å². The Labute approximate surface area is 341 Å². The van der Waals surface area contributed by atoms with Crippen LogP contribution in [0.2, 0.25) is 0 Å². The van der Waals surface area contributed by atoms with Crippen molar-refractivity contribution >= 4 is 108 Å². The number of furan rings is 1. The van der Waals surface area contributed by atoms with Crippen LogP contribution in [0.3, 0.4) is 0 Å². The van der Waals surface area contributed by atoms with Crippen LogP contribution in [0, 0.1) is 0 Å². The quantitative estimate of drug-likeness (QED) is 0.194. The average Bonchev–Trinajstić information content (AvgIpc) is 3.97. The van der Waals surface area contributed by atoms with E-state index in [1.807, 2.05) is 6.07 Å². The molecule has 1 atom stereocenters. The van der Waals surface area contributed by atoms with Gasteiger partial charge >= 0.3 is 0 Å². The molecule has 9 aromatic carbocycles. The molecule has 1 unspecified atom stereocenters. The van der Waals surface area contributed by atoms with Crippen molar-refractivity contribution in [2.45, 2.75) is 6.17 Å². The van der Waals surface area contributed by atoms with Crippen molar-refractivity contribution in [1.29, 1.82) is 0 Å². The van der Waals surface area contributed by atoms with Crippen molar-refractivity contribution in [3.8, 4) is 5.69 Å². The Bertz CT molecular complexity index is 3780. The number of benzene rings is 9. The summed E-state index contributed by atoms with van der Waals surface area (Å²) >= 11 is 1.81. The SMILES string of the molecule is c1ccc2cc3c(cc2c1)c1ccccc1n3-c1cc(C2=NC(c3cccc4sc5ccccc5c34)=NC(c3cccc4ccccc34)N2)c2oc3ccccc3c2c1. The topological polar surface area (TPSA) is 54.8 Å². The van der Waals surface area contributed by atoms with E-state index < -0.39 is 6.17 Å². The van der Waals surface area contributed by atoms with Crippen LogP contribution < -0.4 is 5.32 Å². The summed E-state index contributed by atoms with van der Waals surface area (Å²) in [7, 11) is 0. The third-order valence-electron chi connectivity index (χ3n) is 12.0. The molecular formula is C53H32N4OS. The van der Waals surface area contributed by atoms with Crippen molar-refractivity contribution in [2.24, 2.45) is 9.98 Å². The molecule has 0 amide bonds. The number of fused-ring (bicyclic) bond motifs is 11. The molecule has 6 heteroatoms. The third-order valence-corrected chi connectivity index (χ3v) is 13.2. The molecule has 0 aliphatic carbocycles. The largest absolute Gasteiger partial charge is 0.455 e. The summed E-state index contributed by atoms with van der Waals surface area (Å²) in [5, 5.41) is 15.5. The molecular weight excluding hydrogens is 741 g/mol. The predicted octanol–water partition coefficient (Wildman–Crippen LogP) is 13.9. The Morgan fingerprint density at radius 1 is 0.508 bits per heavy atom. The summed E-state index contributed by atoms with van der Waals surface area (Å²) in [6.45, 7) is 0. The maximum Gasteiger partial charge on any atom is 0.160 e. The van der Waals surface area contributed by atoms with Crippen LogP contribution in [-0.4, -0.2) is 16.2 Å². The molecule has 0 saturated heterocycles. The van der Waals surface area contributed by atoms with Gasteiger partial charge in [0.1, 0.15) is 23.2 Å². The number of aliphatic imine (C=N–C) groups is 2. The fraction of sp³-hybridized carbons (Fsp3) is 0.0189. The number of nitrogens with zero attached hydrogens (tertiary/aromatic N) is 3. The minimum Gasteiger partial charge on any atom is -0.455 e. The maximum absolute atomic E-state index is 6.84. The van der Waals surface area contributed by atoms with E-state index in [1.165, 1.54) is 47.1 Å². The number of para-hydroxylation sites is 2. The zero-order valence-corrected chi connectivity index (χ0v) is 32.4. The second-order valence-electron chi connectivity index (χ2n) is 15.3. The molecule has 5 nitrogen and oxygen atoms in total. The first kappa shape index (κ1) is 32.5. The summed E-state index contributed by atoms with van der Waals surface area (Å²) in [6.07, 6.45) is -0.425. The molecule has 1 N–H and O–H groups in total. The smallest absolute Gasteiger partial charge is 0.160 e. The molecule has 12 aromatic rings. The molecule has 13 rings (SSSR count). The lowest BCUT2D eigenvalue weighted by atomic mass is 10.0. The van der Waals surface area contributed by atoms with E-state index in [0.29, 0.717) is 11.7 Å². The summed E-state index contributed by atoms with van der Waals surface area (Å²) in [4.78, 5) is 11.0. The summed E-state index contributed by atoms with van der Waals surface area (Å²) < 4.78 is 11.7. The first-order valence-electron chi connectivity index (χ1n) is 19.9. The highest BCUT2D eigenvalue weighted by Crippen LogP contribution is 2.41. The van der Waals surface area contributed by atoms with Crippen molar-refractivity contribution in [1.82, 2.24) is 9.88 Å². The van der Waals surface area contributed by atoms with E-state index in [1.54, 1.807) is 11.3 Å². The summed E-state index contributed by atoms with van der Waals surface area (Å²) in [5.41, 5.74) is 7.90. The minimum atomic E-state index is -0.425. The van der Waals surface area contributed by atoms with Crippen LogP contribution in [-0.2, 0) is 0 Å². The van der Waals surface area contributed by atoms with Gasteiger partial charge in [0.05, 0.1) is 16.6 Å². The standard InChI is InChI=1S/C53H32N4OS/c1-2-15-33-28-45-41(27-32(33)14-1)36-18-5-8-23-44(36)57(45)34-29-42-37-19-6-9-24-46(37)58-50(42)43(30-34)53-55-51(38-21-11-16-31-13-3-4-17-35(31)38)54-52(56-53)40-22-12-26-48-49(40)39-20-7-10-25-47(39)59-48/h1-30,51H,(H,54,55,56). The molecule has 3 aromatic heterocycles. The molecule has 276 valence electrons. The Hall–Kier alpha value is -7.54. The highest BCUT2D eigenvalue weighted by Gasteiger charge is 2.28. The summed E-state index contributed by atoms with van der Waals surface area (Å²) in [5.74, 6) is 1.39. The van der Waals surface area contributed by atoms with Gasteiger partial charge in [-0.3, -0.25) is 0 Å². The Balaban J connectivity index is 1.11. The first-order valence-corrected chi connectivity index (χ1v) is 20.7. The van der Waals surface area contributed by atoms with E-state index in [4.69, 9.17) is 14.4 Å². The van der Waals surface area contributed by atoms with Gasteiger partial charge in [0, 0.05) is 58.5 Å². The number of thiophene rings is 1. The molecule has 59 heavy (non-hydrogen) atoms. The van der Waals surface area contributed by atoms with Crippen LogP contribution in [0.5, 0.6) is 0 Å². The number of nitrogens with one attached hydrogen (secondary N) is 1. The molecule has 0 saturated carbocycles. The lowest BCUT2D eigenvalue weighted by molar-refractivity contribution is 0.661. The van der Waals surface area contributed by atoms with E-state index in [-0.39, 0.29) is 0 Å². The van der Waals surface area contributed by atoms with E-state index in [9.17, 15) is 0 Å². The molecule has 4 heterocycles. The van der Waals surface area contributed by atoms with Gasteiger partial charge in [0.2, 0.25) is 0 Å². The monoisotopic (exact) mass is 772 g/mol. The molecule has 0 bridgehead atoms. The predicted molar refractivity (Wildman–Crippen MR) is 248 cm³/mol. The lowest BCUT2D eigenvalue weighted by Gasteiger charge is -2.25. The van der Waals surface area contributed by atoms with E-state index >= 15 is 0 Å². The fourth-order valence-electron chi connectivity index (χ4n) is 9.37. The van der Waals surface area contributed by atoms with Crippen LogP contribution in [0.15, 0.2) is 196 Å². The van der Waals surface area contributed by atoms with Crippen LogP contribution in [0.4, 0.5) is 0 Å². The number of hydrogen-bond donors (Lipinski definition) is 1.